The van der Waals surface area contributed by atoms with Crippen molar-refractivity contribution in [2.24, 2.45) is 18.7 Å². The van der Waals surface area contributed by atoms with Gasteiger partial charge >= 0.3 is 0 Å². The van der Waals surface area contributed by atoms with Crippen molar-refractivity contribution in [3.05, 3.63) is 71.7 Å². The van der Waals surface area contributed by atoms with Crippen molar-refractivity contribution in [3.8, 4) is 11.5 Å². The molecule has 42 heavy (non-hydrogen) atoms. The van der Waals surface area contributed by atoms with Crippen molar-refractivity contribution in [2.75, 3.05) is 19.8 Å². The summed E-state index contributed by atoms with van der Waals surface area (Å²) in [4.78, 5) is 28.4. The van der Waals surface area contributed by atoms with Crippen molar-refractivity contribution in [3.63, 3.8) is 0 Å². The van der Waals surface area contributed by atoms with Crippen molar-refractivity contribution in [1.29, 1.82) is 0 Å². The topological polar surface area (TPSA) is 99.8 Å². The highest BCUT2D eigenvalue weighted by atomic mass is 19.1. The molecular weight excluding hydrogens is 538 g/mol. The summed E-state index contributed by atoms with van der Waals surface area (Å²) in [5.41, 5.74) is 11.6. The van der Waals surface area contributed by atoms with Gasteiger partial charge in [0.2, 0.25) is 5.95 Å². The van der Waals surface area contributed by atoms with Crippen LogP contribution >= 0.6 is 0 Å². The molecule has 0 saturated heterocycles. The number of para-hydroxylation sites is 1. The first-order valence-corrected chi connectivity index (χ1v) is 14.3. The molecule has 0 bridgehead atoms. The first kappa shape index (κ1) is 26.5. The second-order valence-corrected chi connectivity index (χ2v) is 11.4. The first-order chi connectivity index (χ1) is 20.4. The molecule has 1 amide bonds. The number of pyridine rings is 1. The number of hydrogen-bond acceptors (Lipinski definition) is 5. The van der Waals surface area contributed by atoms with Gasteiger partial charge in [0, 0.05) is 45.0 Å². The SMILES string of the molecule is Cn1c(-c2cc3cccc(/C=C/Cn4cnc(F)c4)c3n2CC2CC2)nc2cc3c(nc21)CCN(C[C@H](N)CF)C3=O. The fourth-order valence-corrected chi connectivity index (χ4v) is 5.93. The van der Waals surface area contributed by atoms with E-state index in [4.69, 9.17) is 15.7 Å². The van der Waals surface area contributed by atoms with Gasteiger partial charge in [-0.25, -0.2) is 19.3 Å². The number of hydrogen-bond donors (Lipinski definition) is 1. The smallest absolute Gasteiger partial charge is 0.255 e. The lowest BCUT2D eigenvalue weighted by molar-refractivity contribution is 0.0723. The zero-order valence-corrected chi connectivity index (χ0v) is 23.4. The standard InChI is InChI=1S/C31H32F2N8O/c1-38-29-25(13-23-24(36-29)9-11-40(31(23)42)16-22(34)14-32)37-30(38)26-12-21-5-2-4-20(28(21)41(26)15-19-7-8-19)6-3-10-39-17-27(33)35-18-39/h2-6,12-13,17-19,22H,7-11,14-16,34H2,1H3/b6-3+/t22-/m1/s1. The summed E-state index contributed by atoms with van der Waals surface area (Å²) in [5.74, 6) is 0.724. The van der Waals surface area contributed by atoms with Crippen molar-refractivity contribution < 1.29 is 13.6 Å². The van der Waals surface area contributed by atoms with Gasteiger partial charge in [0.25, 0.3) is 5.91 Å². The Bertz CT molecular complexity index is 1850. The average molecular weight is 571 g/mol. The van der Waals surface area contributed by atoms with Gasteiger partial charge < -0.3 is 24.3 Å². The summed E-state index contributed by atoms with van der Waals surface area (Å²) < 4.78 is 32.4. The number of aromatic nitrogens is 6. The summed E-state index contributed by atoms with van der Waals surface area (Å²) in [6.45, 7) is 1.36. The van der Waals surface area contributed by atoms with Gasteiger partial charge in [-0.2, -0.15) is 4.39 Å². The Kier molecular flexibility index (Phi) is 6.61. The number of alkyl halides is 1. The number of nitrogens with two attached hydrogens (primary N) is 1. The molecule has 7 rings (SSSR count). The van der Waals surface area contributed by atoms with Crippen LogP contribution in [0.2, 0.25) is 0 Å². The van der Waals surface area contributed by atoms with Crippen LogP contribution in [-0.2, 0) is 26.6 Å². The largest absolute Gasteiger partial charge is 0.337 e. The third-order valence-electron chi connectivity index (χ3n) is 8.25. The number of carbonyl (C=O) groups excluding carboxylic acids is 1. The molecular formula is C31H32F2N8O. The quantitative estimate of drug-likeness (QED) is 0.284. The summed E-state index contributed by atoms with van der Waals surface area (Å²) in [6.07, 6.45) is 9.92. The van der Waals surface area contributed by atoms with Gasteiger partial charge in [-0.05, 0) is 36.5 Å². The number of imidazole rings is 2. The van der Waals surface area contributed by atoms with E-state index in [1.54, 1.807) is 9.47 Å². The first-order valence-electron chi connectivity index (χ1n) is 14.3. The minimum Gasteiger partial charge on any atom is -0.337 e. The Morgan fingerprint density at radius 2 is 2.07 bits per heavy atom. The number of benzene rings is 1. The maximum atomic E-state index is 13.3. The molecule has 1 fully saturated rings. The summed E-state index contributed by atoms with van der Waals surface area (Å²) >= 11 is 0. The maximum Gasteiger partial charge on any atom is 0.255 e. The van der Waals surface area contributed by atoms with E-state index in [0.29, 0.717) is 36.5 Å². The molecule has 11 heteroatoms. The number of nitrogens with zero attached hydrogens (tertiary/aromatic N) is 7. The van der Waals surface area contributed by atoms with E-state index in [9.17, 15) is 13.6 Å². The van der Waals surface area contributed by atoms with Crippen LogP contribution in [0.1, 0.15) is 34.5 Å². The van der Waals surface area contributed by atoms with Gasteiger partial charge in [0.05, 0.1) is 41.0 Å². The third-order valence-corrected chi connectivity index (χ3v) is 8.25. The van der Waals surface area contributed by atoms with E-state index in [0.717, 1.165) is 45.9 Å². The third kappa shape index (κ3) is 4.77. The molecule has 9 nitrogen and oxygen atoms in total. The van der Waals surface area contributed by atoms with Crippen LogP contribution in [-0.4, -0.2) is 65.3 Å². The average Bonchev–Trinajstić information content (AvgIpc) is 3.47. The maximum absolute atomic E-state index is 13.3. The number of amides is 1. The lowest BCUT2D eigenvalue weighted by Gasteiger charge is -2.29. The fraction of sp³-hybridized carbons (Fsp3) is 0.355. The van der Waals surface area contributed by atoms with Gasteiger partial charge in [0.15, 0.2) is 11.5 Å². The fourth-order valence-electron chi connectivity index (χ4n) is 5.93. The van der Waals surface area contributed by atoms with E-state index >= 15 is 0 Å². The molecule has 2 aliphatic rings. The van der Waals surface area contributed by atoms with Crippen LogP contribution in [0.4, 0.5) is 8.78 Å². The van der Waals surface area contributed by atoms with E-state index < -0.39 is 18.7 Å². The lowest BCUT2D eigenvalue weighted by atomic mass is 10.0. The monoisotopic (exact) mass is 570 g/mol. The predicted molar refractivity (Wildman–Crippen MR) is 157 cm³/mol. The number of allylic oxidation sites excluding steroid dienone is 1. The van der Waals surface area contributed by atoms with Gasteiger partial charge in [-0.3, -0.25) is 4.79 Å². The lowest BCUT2D eigenvalue weighted by Crippen LogP contribution is -2.45. The molecule has 5 aromatic rings. The highest BCUT2D eigenvalue weighted by molar-refractivity contribution is 5.99. The van der Waals surface area contributed by atoms with Crippen molar-refractivity contribution in [2.45, 2.75) is 38.4 Å². The molecule has 1 aliphatic carbocycles. The number of fused-ring (bicyclic) bond motifs is 3. The molecule has 0 unspecified atom stereocenters. The highest BCUT2D eigenvalue weighted by Gasteiger charge is 2.30. The van der Waals surface area contributed by atoms with Crippen LogP contribution in [0.3, 0.4) is 0 Å². The van der Waals surface area contributed by atoms with E-state index in [2.05, 4.69) is 33.8 Å². The van der Waals surface area contributed by atoms with Crippen LogP contribution in [0.25, 0.3) is 39.7 Å². The zero-order valence-electron chi connectivity index (χ0n) is 23.4. The van der Waals surface area contributed by atoms with E-state index in [1.165, 1.54) is 25.4 Å². The van der Waals surface area contributed by atoms with Crippen LogP contribution in [0, 0.1) is 11.9 Å². The van der Waals surface area contributed by atoms with Gasteiger partial charge in [-0.15, -0.1) is 0 Å². The van der Waals surface area contributed by atoms with Crippen molar-refractivity contribution >= 4 is 34.1 Å². The molecule has 1 saturated carbocycles. The molecule has 2 N–H and O–H groups in total. The van der Waals surface area contributed by atoms with E-state index in [-0.39, 0.29) is 12.5 Å². The number of halogens is 2. The molecule has 1 aliphatic heterocycles. The normalized spacial score (nSPS) is 16.3. The molecule has 0 radical (unpaired) electrons. The summed E-state index contributed by atoms with van der Waals surface area (Å²) in [6, 6.07) is 9.54. The molecule has 216 valence electrons. The molecule has 1 aromatic carbocycles. The minimum absolute atomic E-state index is 0.178. The number of rotatable bonds is 9. The Hall–Kier alpha value is -4.38. The minimum atomic E-state index is -0.698. The van der Waals surface area contributed by atoms with Crippen LogP contribution in [0.5, 0.6) is 0 Å². The summed E-state index contributed by atoms with van der Waals surface area (Å²) in [7, 11) is 1.96. The Labute approximate surface area is 241 Å². The second-order valence-electron chi connectivity index (χ2n) is 11.4. The zero-order chi connectivity index (χ0) is 29.0. The molecule has 4 aromatic heterocycles. The molecule has 1 atom stereocenters. The summed E-state index contributed by atoms with van der Waals surface area (Å²) in [5, 5.41) is 1.11. The number of aryl methyl sites for hydroxylation is 1. The highest BCUT2D eigenvalue weighted by Crippen LogP contribution is 2.38. The van der Waals surface area contributed by atoms with Gasteiger partial charge in [-0.1, -0.05) is 30.4 Å². The Morgan fingerprint density at radius 3 is 2.83 bits per heavy atom. The predicted octanol–water partition coefficient (Wildman–Crippen LogP) is 4.34. The number of carbonyl (C=O) groups is 1. The van der Waals surface area contributed by atoms with Gasteiger partial charge in [0.1, 0.15) is 12.2 Å². The molecule has 5 heterocycles. The van der Waals surface area contributed by atoms with E-state index in [1.807, 2.05) is 29.8 Å². The second kappa shape index (κ2) is 10.5. The Morgan fingerprint density at radius 1 is 1.21 bits per heavy atom. The molecule has 0 spiro atoms. The Balaban J connectivity index is 1.29. The van der Waals surface area contributed by atoms with Crippen LogP contribution < -0.4 is 5.73 Å². The van der Waals surface area contributed by atoms with Crippen LogP contribution in [0.15, 0.2) is 48.9 Å². The van der Waals surface area contributed by atoms with Crippen molar-refractivity contribution in [1.82, 2.24) is 33.6 Å².